The van der Waals surface area contributed by atoms with Crippen molar-refractivity contribution in [2.75, 3.05) is 7.05 Å². The van der Waals surface area contributed by atoms with Crippen LogP contribution in [0.15, 0.2) is 24.3 Å². The molecule has 1 aromatic carbocycles. The Bertz CT molecular complexity index is 537. The van der Waals surface area contributed by atoms with Crippen LogP contribution >= 0.6 is 0 Å². The van der Waals surface area contributed by atoms with Gasteiger partial charge in [-0.15, -0.1) is 13.2 Å². The molecule has 0 unspecified atom stereocenters. The monoisotopic (exact) mass is 330 g/mol. The molecule has 0 heterocycles. The number of hydrogen-bond donors (Lipinski definition) is 1. The summed E-state index contributed by atoms with van der Waals surface area (Å²) in [6, 6.07) is 5.49. The third-order valence-electron chi connectivity index (χ3n) is 4.10. The van der Waals surface area contributed by atoms with Crippen molar-refractivity contribution < 1.29 is 22.7 Å². The molecule has 23 heavy (non-hydrogen) atoms. The van der Waals surface area contributed by atoms with Crippen LogP contribution in [0.4, 0.5) is 13.2 Å². The molecule has 1 saturated carbocycles. The Morgan fingerprint density at radius 1 is 1.22 bits per heavy atom. The summed E-state index contributed by atoms with van der Waals surface area (Å²) in [6.45, 7) is 0.296. The third kappa shape index (κ3) is 4.86. The number of alkyl halides is 3. The van der Waals surface area contributed by atoms with E-state index in [1.165, 1.54) is 29.2 Å². The number of carbonyl (C=O) groups is 1. The van der Waals surface area contributed by atoms with Gasteiger partial charge in [0.05, 0.1) is 5.54 Å². The second-order valence-electron chi connectivity index (χ2n) is 6.07. The zero-order valence-electron chi connectivity index (χ0n) is 13.0. The van der Waals surface area contributed by atoms with Crippen LogP contribution in [0.1, 0.15) is 37.7 Å². The Morgan fingerprint density at radius 3 is 2.30 bits per heavy atom. The van der Waals surface area contributed by atoms with E-state index in [1.807, 2.05) is 0 Å². The lowest BCUT2D eigenvalue weighted by Crippen LogP contribution is -2.55. The number of benzene rings is 1. The maximum atomic E-state index is 12.5. The second-order valence-corrected chi connectivity index (χ2v) is 6.07. The first-order valence-electron chi connectivity index (χ1n) is 7.59. The van der Waals surface area contributed by atoms with Crippen molar-refractivity contribution in [1.29, 1.82) is 0 Å². The van der Waals surface area contributed by atoms with E-state index in [4.69, 9.17) is 5.73 Å². The van der Waals surface area contributed by atoms with Crippen LogP contribution in [0.3, 0.4) is 0 Å². The quantitative estimate of drug-likeness (QED) is 0.922. The number of likely N-dealkylation sites (N-methyl/N-ethyl adjacent to an activating group) is 1. The van der Waals surface area contributed by atoms with Gasteiger partial charge in [0.25, 0.3) is 0 Å². The SMILES string of the molecule is CN(Cc1ccc(OC(F)(F)F)cc1)C(=O)C1(N)CCCCC1. The van der Waals surface area contributed by atoms with Gasteiger partial charge in [-0.2, -0.15) is 0 Å². The van der Waals surface area contributed by atoms with Gasteiger partial charge >= 0.3 is 6.36 Å². The van der Waals surface area contributed by atoms with Crippen LogP contribution in [0.25, 0.3) is 0 Å². The van der Waals surface area contributed by atoms with Gasteiger partial charge in [-0.1, -0.05) is 31.4 Å². The topological polar surface area (TPSA) is 55.6 Å². The minimum absolute atomic E-state index is 0.118. The van der Waals surface area contributed by atoms with E-state index in [0.29, 0.717) is 19.4 Å². The fraction of sp³-hybridized carbons (Fsp3) is 0.562. The molecule has 0 spiro atoms. The Labute approximate surface area is 133 Å². The molecule has 1 amide bonds. The van der Waals surface area contributed by atoms with Crippen LogP contribution in [-0.2, 0) is 11.3 Å². The van der Waals surface area contributed by atoms with Gasteiger partial charge in [0.15, 0.2) is 0 Å². The first kappa shape index (κ1) is 17.6. The maximum Gasteiger partial charge on any atom is 0.573 e. The van der Waals surface area contributed by atoms with Crippen molar-refractivity contribution in [2.24, 2.45) is 5.73 Å². The smallest absolute Gasteiger partial charge is 0.406 e. The molecule has 7 heteroatoms. The van der Waals surface area contributed by atoms with Gasteiger partial charge < -0.3 is 15.4 Å². The molecular formula is C16H21F3N2O2. The number of hydrogen-bond acceptors (Lipinski definition) is 3. The fourth-order valence-electron chi connectivity index (χ4n) is 2.92. The zero-order chi connectivity index (χ0) is 17.1. The molecule has 1 aliphatic rings. The first-order chi connectivity index (χ1) is 10.7. The van der Waals surface area contributed by atoms with Crippen LogP contribution < -0.4 is 10.5 Å². The lowest BCUT2D eigenvalue weighted by atomic mass is 9.81. The first-order valence-corrected chi connectivity index (χ1v) is 7.59. The molecule has 0 aliphatic heterocycles. The Morgan fingerprint density at radius 2 is 1.78 bits per heavy atom. The highest BCUT2D eigenvalue weighted by Gasteiger charge is 2.37. The number of rotatable bonds is 4. The van der Waals surface area contributed by atoms with Gasteiger partial charge in [0.2, 0.25) is 5.91 Å². The van der Waals surface area contributed by atoms with E-state index < -0.39 is 11.9 Å². The van der Waals surface area contributed by atoms with Crippen LogP contribution in [0.2, 0.25) is 0 Å². The van der Waals surface area contributed by atoms with Crippen molar-refractivity contribution in [1.82, 2.24) is 4.90 Å². The molecule has 0 radical (unpaired) electrons. The Kier molecular flexibility index (Phi) is 5.19. The van der Waals surface area contributed by atoms with E-state index in [9.17, 15) is 18.0 Å². The fourth-order valence-corrected chi connectivity index (χ4v) is 2.92. The normalized spacial score (nSPS) is 17.6. The standard InChI is InChI=1S/C16H21F3N2O2/c1-21(14(22)15(20)9-3-2-4-10-15)11-12-5-7-13(8-6-12)23-16(17,18)19/h5-8H,2-4,9-11,20H2,1H3. The van der Waals surface area contributed by atoms with Crippen molar-refractivity contribution in [2.45, 2.75) is 50.6 Å². The summed E-state index contributed by atoms with van der Waals surface area (Å²) in [4.78, 5) is 14.0. The molecule has 0 atom stereocenters. The molecule has 0 bridgehead atoms. The highest BCUT2D eigenvalue weighted by atomic mass is 19.4. The molecule has 1 aliphatic carbocycles. The van der Waals surface area contributed by atoms with E-state index in [2.05, 4.69) is 4.74 Å². The molecular weight excluding hydrogens is 309 g/mol. The molecule has 4 nitrogen and oxygen atoms in total. The Hall–Kier alpha value is -1.76. The van der Waals surface area contributed by atoms with Crippen LogP contribution in [0.5, 0.6) is 5.75 Å². The van der Waals surface area contributed by atoms with Crippen molar-refractivity contribution >= 4 is 5.91 Å². The summed E-state index contributed by atoms with van der Waals surface area (Å²) in [5.41, 5.74) is 6.12. The van der Waals surface area contributed by atoms with Crippen molar-refractivity contribution in [3.63, 3.8) is 0 Å². The van der Waals surface area contributed by atoms with E-state index in [0.717, 1.165) is 24.8 Å². The maximum absolute atomic E-state index is 12.5. The Balaban J connectivity index is 1.97. The van der Waals surface area contributed by atoms with E-state index >= 15 is 0 Å². The van der Waals surface area contributed by atoms with Gasteiger partial charge in [0, 0.05) is 13.6 Å². The summed E-state index contributed by atoms with van der Waals surface area (Å²) < 4.78 is 40.2. The van der Waals surface area contributed by atoms with Gasteiger partial charge in [-0.25, -0.2) is 0 Å². The lowest BCUT2D eigenvalue weighted by Gasteiger charge is -2.35. The second kappa shape index (κ2) is 6.78. The molecule has 128 valence electrons. The minimum Gasteiger partial charge on any atom is -0.406 e. The summed E-state index contributed by atoms with van der Waals surface area (Å²) in [7, 11) is 1.66. The summed E-state index contributed by atoms with van der Waals surface area (Å²) in [5.74, 6) is -0.398. The molecule has 1 fully saturated rings. The van der Waals surface area contributed by atoms with E-state index in [-0.39, 0.29) is 11.7 Å². The number of halogens is 3. The van der Waals surface area contributed by atoms with Gasteiger partial charge in [0.1, 0.15) is 5.75 Å². The summed E-state index contributed by atoms with van der Waals surface area (Å²) in [5, 5.41) is 0. The van der Waals surface area contributed by atoms with Gasteiger partial charge in [-0.3, -0.25) is 4.79 Å². The van der Waals surface area contributed by atoms with Crippen molar-refractivity contribution in [3.8, 4) is 5.75 Å². The summed E-state index contributed by atoms with van der Waals surface area (Å²) >= 11 is 0. The molecule has 2 rings (SSSR count). The average molecular weight is 330 g/mol. The molecule has 0 aromatic heterocycles. The van der Waals surface area contributed by atoms with Crippen LogP contribution in [-0.4, -0.2) is 29.8 Å². The van der Waals surface area contributed by atoms with Crippen LogP contribution in [0, 0.1) is 0 Å². The number of nitrogens with two attached hydrogens (primary N) is 1. The summed E-state index contributed by atoms with van der Waals surface area (Å²) in [6.07, 6.45) is -0.375. The molecule has 1 aromatic rings. The highest BCUT2D eigenvalue weighted by molar-refractivity contribution is 5.86. The lowest BCUT2D eigenvalue weighted by molar-refractivity contribution is -0.274. The minimum atomic E-state index is -4.71. The predicted molar refractivity (Wildman–Crippen MR) is 79.6 cm³/mol. The third-order valence-corrected chi connectivity index (χ3v) is 4.10. The zero-order valence-corrected chi connectivity index (χ0v) is 13.0. The molecule has 0 saturated heterocycles. The number of carbonyl (C=O) groups excluding carboxylic acids is 1. The van der Waals surface area contributed by atoms with Gasteiger partial charge in [-0.05, 0) is 30.5 Å². The number of nitrogens with zero attached hydrogens (tertiary/aromatic N) is 1. The van der Waals surface area contributed by atoms with E-state index in [1.54, 1.807) is 7.05 Å². The highest BCUT2D eigenvalue weighted by Crippen LogP contribution is 2.28. The number of amides is 1. The average Bonchev–Trinajstić information content (AvgIpc) is 2.47. The van der Waals surface area contributed by atoms with Crippen molar-refractivity contribution in [3.05, 3.63) is 29.8 Å². The largest absolute Gasteiger partial charge is 0.573 e. The predicted octanol–water partition coefficient (Wildman–Crippen LogP) is 3.21. The number of ether oxygens (including phenoxy) is 1. The molecule has 2 N–H and O–H groups in total.